The van der Waals surface area contributed by atoms with Gasteiger partial charge in [-0.25, -0.2) is 4.79 Å². The third kappa shape index (κ3) is 1.75. The highest BCUT2D eigenvalue weighted by atomic mass is 16.7. The largest absolute Gasteiger partial charge is 0.497 e. The van der Waals surface area contributed by atoms with Crippen LogP contribution in [0.5, 0.6) is 11.5 Å². The minimum absolute atomic E-state index is 0.342. The fourth-order valence-electron chi connectivity index (χ4n) is 1.41. The van der Waals surface area contributed by atoms with Crippen molar-refractivity contribution in [2.75, 3.05) is 7.11 Å². The summed E-state index contributed by atoms with van der Waals surface area (Å²) < 4.78 is 15.6. The van der Waals surface area contributed by atoms with Gasteiger partial charge in [0.25, 0.3) is 0 Å². The zero-order valence-electron chi connectivity index (χ0n) is 8.65. The van der Waals surface area contributed by atoms with Crippen LogP contribution in [0, 0.1) is 0 Å². The molecule has 1 unspecified atom stereocenters. The van der Waals surface area contributed by atoms with Crippen molar-refractivity contribution in [3.8, 4) is 11.5 Å². The predicted octanol–water partition coefficient (Wildman–Crippen LogP) is 1.98. The maximum atomic E-state index is 11.5. The van der Waals surface area contributed by atoms with Crippen LogP contribution in [0.2, 0.25) is 0 Å². The second kappa shape index (κ2) is 3.81. The molecule has 1 atom stereocenters. The molecule has 0 aliphatic carbocycles. The Hall–Kier alpha value is -1.71. The second-order valence-electron chi connectivity index (χ2n) is 3.22. The monoisotopic (exact) mass is 208 g/mol. The average molecular weight is 208 g/mol. The summed E-state index contributed by atoms with van der Waals surface area (Å²) in [5, 5.41) is 0. The Morgan fingerprint density at radius 2 is 2.20 bits per heavy atom. The lowest BCUT2D eigenvalue weighted by Gasteiger charge is -2.24. The highest BCUT2D eigenvalue weighted by Gasteiger charge is 2.26. The predicted molar refractivity (Wildman–Crippen MR) is 53.1 cm³/mol. The van der Waals surface area contributed by atoms with Gasteiger partial charge < -0.3 is 14.2 Å². The molecule has 0 aromatic heterocycles. The summed E-state index contributed by atoms with van der Waals surface area (Å²) in [6.07, 6.45) is 0.139. The summed E-state index contributed by atoms with van der Waals surface area (Å²) in [4.78, 5) is 11.5. The zero-order chi connectivity index (χ0) is 10.8. The van der Waals surface area contributed by atoms with Crippen molar-refractivity contribution in [2.24, 2.45) is 0 Å². The van der Waals surface area contributed by atoms with Crippen LogP contribution in [-0.4, -0.2) is 19.4 Å². The minimum atomic E-state index is -0.489. The Labute approximate surface area is 87.8 Å². The first-order valence-electron chi connectivity index (χ1n) is 4.80. The number of methoxy groups -OCH3 is 1. The fraction of sp³-hybridized carbons (Fsp3) is 0.364. The first kappa shape index (κ1) is 9.83. The lowest BCUT2D eigenvalue weighted by atomic mass is 10.1. The molecule has 15 heavy (non-hydrogen) atoms. The molecule has 1 heterocycles. The van der Waals surface area contributed by atoms with E-state index in [-0.39, 0.29) is 5.97 Å². The van der Waals surface area contributed by atoms with Gasteiger partial charge in [-0.3, -0.25) is 0 Å². The molecule has 0 saturated carbocycles. The molecule has 4 heteroatoms. The summed E-state index contributed by atoms with van der Waals surface area (Å²) in [6, 6.07) is 5.04. The van der Waals surface area contributed by atoms with Crippen LogP contribution >= 0.6 is 0 Å². The van der Waals surface area contributed by atoms with Gasteiger partial charge in [-0.15, -0.1) is 0 Å². The van der Waals surface area contributed by atoms with E-state index < -0.39 is 6.29 Å². The summed E-state index contributed by atoms with van der Waals surface area (Å²) in [6.45, 7) is 1.89. The van der Waals surface area contributed by atoms with Crippen LogP contribution in [0.25, 0.3) is 0 Å². The van der Waals surface area contributed by atoms with Crippen LogP contribution in [0.15, 0.2) is 18.2 Å². The number of hydrogen-bond donors (Lipinski definition) is 0. The van der Waals surface area contributed by atoms with Gasteiger partial charge in [-0.05, 0) is 12.1 Å². The zero-order valence-corrected chi connectivity index (χ0v) is 8.65. The Morgan fingerprint density at radius 3 is 2.87 bits per heavy atom. The van der Waals surface area contributed by atoms with E-state index in [1.54, 1.807) is 25.3 Å². The normalized spacial score (nSPS) is 18.8. The number of rotatable bonds is 2. The quantitative estimate of drug-likeness (QED) is 0.697. The van der Waals surface area contributed by atoms with Gasteiger partial charge in [0, 0.05) is 12.5 Å². The van der Waals surface area contributed by atoms with E-state index in [9.17, 15) is 4.79 Å². The van der Waals surface area contributed by atoms with Crippen LogP contribution < -0.4 is 9.47 Å². The highest BCUT2D eigenvalue weighted by molar-refractivity contribution is 5.93. The molecule has 1 aliphatic heterocycles. The van der Waals surface area contributed by atoms with Crippen molar-refractivity contribution in [3.63, 3.8) is 0 Å². The molecule has 0 fully saturated rings. The Morgan fingerprint density at radius 1 is 1.40 bits per heavy atom. The van der Waals surface area contributed by atoms with Crippen molar-refractivity contribution in [3.05, 3.63) is 23.8 Å². The molecule has 4 nitrogen and oxygen atoms in total. The molecule has 1 aliphatic rings. The van der Waals surface area contributed by atoms with Gasteiger partial charge in [0.2, 0.25) is 6.29 Å². The van der Waals surface area contributed by atoms with Crippen LogP contribution in [-0.2, 0) is 4.74 Å². The van der Waals surface area contributed by atoms with Crippen LogP contribution in [0.1, 0.15) is 23.7 Å². The van der Waals surface area contributed by atoms with Crippen molar-refractivity contribution < 1.29 is 19.0 Å². The molecule has 0 amide bonds. The number of benzene rings is 1. The molecule has 0 bridgehead atoms. The maximum absolute atomic E-state index is 11.5. The van der Waals surface area contributed by atoms with Gasteiger partial charge in [0.05, 0.1) is 7.11 Å². The van der Waals surface area contributed by atoms with Gasteiger partial charge in [0.1, 0.15) is 17.1 Å². The number of fused-ring (bicyclic) bond motifs is 1. The number of carbonyl (C=O) groups is 1. The van der Waals surface area contributed by atoms with Gasteiger partial charge in [0.15, 0.2) is 0 Å². The molecular weight excluding hydrogens is 196 g/mol. The molecule has 0 spiro atoms. The standard InChI is InChI=1S/C11H12O4/c1-3-10-14-9-6-7(13-2)4-5-8(9)11(12)15-10/h4-6,10H,3H2,1-2H3. The third-order valence-corrected chi connectivity index (χ3v) is 2.24. The summed E-state index contributed by atoms with van der Waals surface area (Å²) in [5.74, 6) is 0.849. The number of ether oxygens (including phenoxy) is 3. The Balaban J connectivity index is 2.37. The van der Waals surface area contributed by atoms with E-state index in [1.165, 1.54) is 0 Å². The van der Waals surface area contributed by atoms with Crippen molar-refractivity contribution in [1.29, 1.82) is 0 Å². The molecule has 0 N–H and O–H groups in total. The summed E-state index contributed by atoms with van der Waals surface area (Å²) >= 11 is 0. The lowest BCUT2D eigenvalue weighted by molar-refractivity contribution is -0.0612. The van der Waals surface area contributed by atoms with E-state index in [4.69, 9.17) is 14.2 Å². The number of cyclic esters (lactones) is 1. The fourth-order valence-corrected chi connectivity index (χ4v) is 1.41. The number of hydrogen-bond acceptors (Lipinski definition) is 4. The van der Waals surface area contributed by atoms with E-state index in [0.717, 1.165) is 0 Å². The van der Waals surface area contributed by atoms with Crippen LogP contribution in [0.3, 0.4) is 0 Å². The van der Waals surface area contributed by atoms with Crippen LogP contribution in [0.4, 0.5) is 0 Å². The Bertz CT molecular complexity index is 386. The maximum Gasteiger partial charge on any atom is 0.345 e. The SMILES string of the molecule is CCC1OC(=O)c2ccc(OC)cc2O1. The third-order valence-electron chi connectivity index (χ3n) is 2.24. The van der Waals surface area contributed by atoms with Gasteiger partial charge in [-0.1, -0.05) is 6.92 Å². The van der Waals surface area contributed by atoms with E-state index >= 15 is 0 Å². The van der Waals surface area contributed by atoms with Crippen molar-refractivity contribution >= 4 is 5.97 Å². The molecule has 80 valence electrons. The molecule has 1 aromatic rings. The van der Waals surface area contributed by atoms with E-state index in [1.807, 2.05) is 6.92 Å². The second-order valence-corrected chi connectivity index (χ2v) is 3.22. The Kier molecular flexibility index (Phi) is 2.49. The molecule has 2 rings (SSSR count). The lowest BCUT2D eigenvalue weighted by Crippen LogP contribution is -2.29. The molecular formula is C11H12O4. The number of carbonyl (C=O) groups excluding carboxylic acids is 1. The first-order chi connectivity index (χ1) is 7.24. The smallest absolute Gasteiger partial charge is 0.345 e. The molecule has 0 radical (unpaired) electrons. The van der Waals surface area contributed by atoms with E-state index in [0.29, 0.717) is 23.5 Å². The first-order valence-corrected chi connectivity index (χ1v) is 4.80. The van der Waals surface area contributed by atoms with Gasteiger partial charge >= 0.3 is 5.97 Å². The molecule has 0 saturated heterocycles. The molecule has 1 aromatic carbocycles. The summed E-state index contributed by atoms with van der Waals surface area (Å²) in [5.41, 5.74) is 0.445. The van der Waals surface area contributed by atoms with Crippen molar-refractivity contribution in [1.82, 2.24) is 0 Å². The summed E-state index contributed by atoms with van der Waals surface area (Å²) in [7, 11) is 1.57. The average Bonchev–Trinajstić information content (AvgIpc) is 2.28. The van der Waals surface area contributed by atoms with Crippen molar-refractivity contribution in [2.45, 2.75) is 19.6 Å². The highest BCUT2D eigenvalue weighted by Crippen LogP contribution is 2.30. The number of esters is 1. The van der Waals surface area contributed by atoms with Gasteiger partial charge in [-0.2, -0.15) is 0 Å². The topological polar surface area (TPSA) is 44.8 Å². The minimum Gasteiger partial charge on any atom is -0.497 e. The van der Waals surface area contributed by atoms with E-state index in [2.05, 4.69) is 0 Å².